The van der Waals surface area contributed by atoms with Gasteiger partial charge in [0.05, 0.1) is 5.92 Å². The zero-order chi connectivity index (χ0) is 12.8. The number of hydrogen-bond donors (Lipinski definition) is 2. The highest BCUT2D eigenvalue weighted by atomic mass is 16.4. The Kier molecular flexibility index (Phi) is 6.65. The minimum atomic E-state index is -0.698. The third kappa shape index (κ3) is 6.83. The zero-order valence-corrected chi connectivity index (χ0v) is 11.3. The van der Waals surface area contributed by atoms with Crippen LogP contribution < -0.4 is 5.32 Å². The molecule has 1 unspecified atom stereocenters. The first-order chi connectivity index (χ1) is 7.28. The monoisotopic (exact) mass is 229 g/mol. The second kappa shape index (κ2) is 6.89. The van der Waals surface area contributed by atoms with Crippen molar-refractivity contribution >= 4 is 5.97 Å². The van der Waals surface area contributed by atoms with Crippen LogP contribution in [0.4, 0.5) is 0 Å². The molecule has 0 aromatic carbocycles. The van der Waals surface area contributed by atoms with Gasteiger partial charge in [0, 0.05) is 13.1 Å². The lowest BCUT2D eigenvalue weighted by molar-refractivity contribution is -0.141. The molecule has 96 valence electrons. The quantitative estimate of drug-likeness (QED) is 0.673. The van der Waals surface area contributed by atoms with E-state index in [9.17, 15) is 4.79 Å². The summed E-state index contributed by atoms with van der Waals surface area (Å²) in [5.74, 6) is -0.273. The first-order valence-electron chi connectivity index (χ1n) is 6.22. The molecule has 0 amide bonds. The molecule has 0 aliphatic heterocycles. The predicted octanol–water partition coefficient (Wildman–Crippen LogP) is 2.76. The van der Waals surface area contributed by atoms with E-state index in [0.717, 1.165) is 13.0 Å². The van der Waals surface area contributed by atoms with Crippen LogP contribution in [-0.2, 0) is 4.79 Å². The SMILES string of the molecule is CCC(CNCC(C)(C)CC(C)C)C(=O)O. The van der Waals surface area contributed by atoms with Crippen molar-refractivity contribution in [3.05, 3.63) is 0 Å². The summed E-state index contributed by atoms with van der Waals surface area (Å²) in [6, 6.07) is 0. The lowest BCUT2D eigenvalue weighted by Crippen LogP contribution is -2.35. The van der Waals surface area contributed by atoms with Crippen LogP contribution in [-0.4, -0.2) is 24.2 Å². The minimum absolute atomic E-state index is 0.241. The Morgan fingerprint density at radius 1 is 1.38 bits per heavy atom. The normalized spacial score (nSPS) is 14.1. The van der Waals surface area contributed by atoms with E-state index in [0.29, 0.717) is 18.9 Å². The lowest BCUT2D eigenvalue weighted by Gasteiger charge is -2.27. The Morgan fingerprint density at radius 2 is 1.94 bits per heavy atom. The van der Waals surface area contributed by atoms with Crippen molar-refractivity contribution in [2.45, 2.75) is 47.5 Å². The van der Waals surface area contributed by atoms with Gasteiger partial charge in [-0.05, 0) is 24.2 Å². The van der Waals surface area contributed by atoms with Crippen LogP contribution in [0.1, 0.15) is 47.5 Å². The molecule has 2 N–H and O–H groups in total. The molecule has 0 saturated carbocycles. The van der Waals surface area contributed by atoms with Crippen LogP contribution >= 0.6 is 0 Å². The van der Waals surface area contributed by atoms with E-state index < -0.39 is 5.97 Å². The van der Waals surface area contributed by atoms with Gasteiger partial charge in [0.25, 0.3) is 0 Å². The van der Waals surface area contributed by atoms with E-state index in [1.54, 1.807) is 0 Å². The summed E-state index contributed by atoms with van der Waals surface area (Å²) >= 11 is 0. The van der Waals surface area contributed by atoms with E-state index in [1.165, 1.54) is 0 Å². The standard InChI is InChI=1S/C13H27NO2/c1-6-11(12(15)16)8-14-9-13(4,5)7-10(2)3/h10-11,14H,6-9H2,1-5H3,(H,15,16). The fourth-order valence-electron chi connectivity index (χ4n) is 2.17. The fraction of sp³-hybridized carbons (Fsp3) is 0.923. The zero-order valence-electron chi connectivity index (χ0n) is 11.3. The summed E-state index contributed by atoms with van der Waals surface area (Å²) in [5.41, 5.74) is 0.241. The van der Waals surface area contributed by atoms with Crippen LogP contribution in [0.2, 0.25) is 0 Å². The van der Waals surface area contributed by atoms with Gasteiger partial charge in [-0.2, -0.15) is 0 Å². The van der Waals surface area contributed by atoms with Gasteiger partial charge in [-0.15, -0.1) is 0 Å². The maximum absolute atomic E-state index is 10.8. The third-order valence-corrected chi connectivity index (χ3v) is 2.80. The highest BCUT2D eigenvalue weighted by Crippen LogP contribution is 2.24. The number of carboxylic acid groups (broad SMARTS) is 1. The molecule has 16 heavy (non-hydrogen) atoms. The van der Waals surface area contributed by atoms with Gasteiger partial charge in [0.15, 0.2) is 0 Å². The van der Waals surface area contributed by atoms with Crippen molar-refractivity contribution in [1.82, 2.24) is 5.32 Å². The molecule has 0 aromatic heterocycles. The number of rotatable bonds is 8. The van der Waals surface area contributed by atoms with Crippen molar-refractivity contribution in [2.24, 2.45) is 17.3 Å². The van der Waals surface area contributed by atoms with E-state index in [2.05, 4.69) is 33.0 Å². The minimum Gasteiger partial charge on any atom is -0.481 e. The highest BCUT2D eigenvalue weighted by Gasteiger charge is 2.20. The second-order valence-electron chi connectivity index (χ2n) is 5.84. The molecule has 0 radical (unpaired) electrons. The molecular weight excluding hydrogens is 202 g/mol. The maximum Gasteiger partial charge on any atom is 0.307 e. The average Bonchev–Trinajstić information content (AvgIpc) is 2.09. The molecule has 1 atom stereocenters. The molecule has 0 aliphatic carbocycles. The Labute approximate surface area is 99.6 Å². The van der Waals surface area contributed by atoms with Crippen LogP contribution in [0.15, 0.2) is 0 Å². The van der Waals surface area contributed by atoms with E-state index in [-0.39, 0.29) is 11.3 Å². The largest absolute Gasteiger partial charge is 0.481 e. The number of nitrogens with one attached hydrogen (secondary N) is 1. The van der Waals surface area contributed by atoms with Gasteiger partial charge >= 0.3 is 5.97 Å². The Bertz CT molecular complexity index is 212. The van der Waals surface area contributed by atoms with Crippen LogP contribution in [0.3, 0.4) is 0 Å². The van der Waals surface area contributed by atoms with Crippen LogP contribution in [0.5, 0.6) is 0 Å². The van der Waals surface area contributed by atoms with Gasteiger partial charge in [0.2, 0.25) is 0 Å². The maximum atomic E-state index is 10.8. The van der Waals surface area contributed by atoms with E-state index >= 15 is 0 Å². The Hall–Kier alpha value is -0.570. The molecular formula is C13H27NO2. The van der Waals surface area contributed by atoms with Crippen molar-refractivity contribution in [2.75, 3.05) is 13.1 Å². The lowest BCUT2D eigenvalue weighted by atomic mass is 9.84. The van der Waals surface area contributed by atoms with E-state index in [1.807, 2.05) is 6.92 Å². The van der Waals surface area contributed by atoms with Gasteiger partial charge in [0.1, 0.15) is 0 Å². The van der Waals surface area contributed by atoms with Gasteiger partial charge in [-0.1, -0.05) is 34.6 Å². The summed E-state index contributed by atoms with van der Waals surface area (Å²) < 4.78 is 0. The predicted molar refractivity (Wildman–Crippen MR) is 67.5 cm³/mol. The molecule has 3 nitrogen and oxygen atoms in total. The Morgan fingerprint density at radius 3 is 2.31 bits per heavy atom. The second-order valence-corrected chi connectivity index (χ2v) is 5.84. The number of aliphatic carboxylic acids is 1. The molecule has 0 aromatic rings. The van der Waals surface area contributed by atoms with Crippen molar-refractivity contribution in [3.63, 3.8) is 0 Å². The average molecular weight is 229 g/mol. The topological polar surface area (TPSA) is 49.3 Å². The summed E-state index contributed by atoms with van der Waals surface area (Å²) in [6.45, 7) is 12.3. The van der Waals surface area contributed by atoms with Crippen molar-refractivity contribution < 1.29 is 9.90 Å². The van der Waals surface area contributed by atoms with Gasteiger partial charge in [-0.25, -0.2) is 0 Å². The third-order valence-electron chi connectivity index (χ3n) is 2.80. The van der Waals surface area contributed by atoms with Crippen molar-refractivity contribution in [1.29, 1.82) is 0 Å². The first kappa shape index (κ1) is 15.4. The molecule has 0 heterocycles. The number of hydrogen-bond acceptors (Lipinski definition) is 2. The smallest absolute Gasteiger partial charge is 0.307 e. The summed E-state index contributed by atoms with van der Waals surface area (Å²) in [4.78, 5) is 10.8. The van der Waals surface area contributed by atoms with Crippen LogP contribution in [0.25, 0.3) is 0 Å². The molecule has 0 saturated heterocycles. The summed E-state index contributed by atoms with van der Waals surface area (Å²) in [5, 5.41) is 12.2. The summed E-state index contributed by atoms with van der Waals surface area (Å²) in [6.07, 6.45) is 1.84. The summed E-state index contributed by atoms with van der Waals surface area (Å²) in [7, 11) is 0. The fourth-order valence-corrected chi connectivity index (χ4v) is 2.17. The van der Waals surface area contributed by atoms with E-state index in [4.69, 9.17) is 5.11 Å². The van der Waals surface area contributed by atoms with Gasteiger partial charge in [-0.3, -0.25) is 4.79 Å². The molecule has 0 rings (SSSR count). The molecule has 3 heteroatoms. The molecule has 0 bridgehead atoms. The van der Waals surface area contributed by atoms with Crippen molar-refractivity contribution in [3.8, 4) is 0 Å². The number of carboxylic acids is 1. The highest BCUT2D eigenvalue weighted by molar-refractivity contribution is 5.70. The Balaban J connectivity index is 3.91. The first-order valence-corrected chi connectivity index (χ1v) is 6.22. The number of carbonyl (C=O) groups is 1. The van der Waals surface area contributed by atoms with Gasteiger partial charge < -0.3 is 10.4 Å². The van der Waals surface area contributed by atoms with Crippen LogP contribution in [0, 0.1) is 17.3 Å². The molecule has 0 aliphatic rings. The molecule has 0 fully saturated rings. The molecule has 0 spiro atoms.